The van der Waals surface area contributed by atoms with Crippen molar-refractivity contribution in [3.8, 4) is 0 Å². The fourth-order valence-corrected chi connectivity index (χ4v) is 8.09. The number of rotatable bonds is 1. The molecule has 3 aliphatic carbocycles. The van der Waals surface area contributed by atoms with E-state index in [1.165, 1.54) is 19.3 Å². The highest BCUT2D eigenvalue weighted by Gasteiger charge is 2.66. The van der Waals surface area contributed by atoms with Crippen LogP contribution in [0, 0.1) is 34.0 Å². The second kappa shape index (κ2) is 5.10. The van der Waals surface area contributed by atoms with E-state index in [4.69, 9.17) is 4.74 Å². The molecule has 1 heterocycles. The van der Waals surface area contributed by atoms with Gasteiger partial charge in [-0.3, -0.25) is 9.59 Å². The average molecular weight is 347 g/mol. The molecule has 1 saturated heterocycles. The molecule has 0 aromatic rings. The van der Waals surface area contributed by atoms with E-state index in [1.807, 2.05) is 0 Å². The van der Waals surface area contributed by atoms with Crippen LogP contribution in [0.3, 0.4) is 0 Å². The minimum absolute atomic E-state index is 0.0150. The molecule has 0 bridgehead atoms. The van der Waals surface area contributed by atoms with Crippen molar-refractivity contribution in [2.24, 2.45) is 34.0 Å². The maximum atomic E-state index is 12.6. The van der Waals surface area contributed by atoms with E-state index in [9.17, 15) is 9.59 Å². The number of ketones is 1. The molecular weight excluding hydrogens is 312 g/mol. The van der Waals surface area contributed by atoms with E-state index in [2.05, 4.69) is 34.6 Å². The van der Waals surface area contributed by atoms with E-state index in [-0.39, 0.29) is 27.8 Å². The molecule has 0 radical (unpaired) electrons. The Morgan fingerprint density at radius 2 is 1.40 bits per heavy atom. The number of fused-ring (bicyclic) bond motifs is 3. The fourth-order valence-electron chi connectivity index (χ4n) is 8.09. The highest BCUT2D eigenvalue weighted by Crippen LogP contribution is 2.71. The van der Waals surface area contributed by atoms with Crippen molar-refractivity contribution >= 4 is 11.8 Å². The van der Waals surface area contributed by atoms with Gasteiger partial charge in [0.25, 0.3) is 0 Å². The van der Waals surface area contributed by atoms with Crippen molar-refractivity contribution in [1.82, 2.24) is 0 Å². The third-order valence-corrected chi connectivity index (χ3v) is 9.29. The van der Waals surface area contributed by atoms with Crippen molar-refractivity contribution in [1.29, 1.82) is 0 Å². The van der Waals surface area contributed by atoms with Crippen molar-refractivity contribution in [3.05, 3.63) is 0 Å². The van der Waals surface area contributed by atoms with E-state index in [1.54, 1.807) is 0 Å². The lowest BCUT2D eigenvalue weighted by molar-refractivity contribution is -0.173. The minimum atomic E-state index is -0.274. The third kappa shape index (κ3) is 2.16. The van der Waals surface area contributed by atoms with Crippen molar-refractivity contribution < 1.29 is 14.3 Å². The Hall–Kier alpha value is -0.860. The molecule has 3 nitrogen and oxygen atoms in total. The molecule has 4 rings (SSSR count). The summed E-state index contributed by atoms with van der Waals surface area (Å²) >= 11 is 0. The standard InChI is InChI=1S/C22H34O3/c1-19(2)14-8-11-21(4)15(20(14,3)12-9-17(19)23)6-7-16(21)22(5)13-10-18(24)25-22/h14-16H,6-13H2,1-5H3/t14-,15+,16+,20-,21+,22+/m0/s1. The van der Waals surface area contributed by atoms with Gasteiger partial charge in [-0.15, -0.1) is 0 Å². The Bertz CT molecular complexity index is 623. The van der Waals surface area contributed by atoms with Gasteiger partial charge in [-0.2, -0.15) is 0 Å². The number of esters is 1. The van der Waals surface area contributed by atoms with Crippen LogP contribution in [-0.4, -0.2) is 17.4 Å². The predicted molar refractivity (Wildman–Crippen MR) is 96.9 cm³/mol. The third-order valence-electron chi connectivity index (χ3n) is 9.29. The van der Waals surface area contributed by atoms with Gasteiger partial charge in [0, 0.05) is 24.2 Å². The van der Waals surface area contributed by atoms with Crippen LogP contribution in [0.1, 0.15) is 86.0 Å². The largest absolute Gasteiger partial charge is 0.459 e. The van der Waals surface area contributed by atoms with Crippen molar-refractivity contribution in [3.63, 3.8) is 0 Å². The first-order chi connectivity index (χ1) is 11.5. The summed E-state index contributed by atoms with van der Waals surface area (Å²) < 4.78 is 5.88. The van der Waals surface area contributed by atoms with Crippen LogP contribution < -0.4 is 0 Å². The first-order valence-corrected chi connectivity index (χ1v) is 10.3. The lowest BCUT2D eigenvalue weighted by Gasteiger charge is -2.62. The second-order valence-corrected chi connectivity index (χ2v) is 10.7. The maximum Gasteiger partial charge on any atom is 0.306 e. The molecular formula is C22H34O3. The first kappa shape index (κ1) is 17.5. The molecule has 25 heavy (non-hydrogen) atoms. The van der Waals surface area contributed by atoms with E-state index >= 15 is 0 Å². The van der Waals surface area contributed by atoms with E-state index in [0.717, 1.165) is 25.7 Å². The van der Waals surface area contributed by atoms with Crippen LogP contribution in [-0.2, 0) is 14.3 Å². The minimum Gasteiger partial charge on any atom is -0.459 e. The van der Waals surface area contributed by atoms with Gasteiger partial charge in [-0.25, -0.2) is 0 Å². The number of ether oxygens (including phenoxy) is 1. The van der Waals surface area contributed by atoms with Crippen molar-refractivity contribution in [2.45, 2.75) is 91.6 Å². The highest BCUT2D eigenvalue weighted by molar-refractivity contribution is 5.85. The summed E-state index contributed by atoms with van der Waals surface area (Å²) in [5, 5.41) is 0. The summed E-state index contributed by atoms with van der Waals surface area (Å²) in [5.74, 6) is 2.06. The molecule has 4 fully saturated rings. The molecule has 0 amide bonds. The van der Waals surface area contributed by atoms with Crippen LogP contribution in [0.15, 0.2) is 0 Å². The topological polar surface area (TPSA) is 43.4 Å². The molecule has 140 valence electrons. The van der Waals surface area contributed by atoms with E-state index in [0.29, 0.717) is 30.0 Å². The lowest BCUT2D eigenvalue weighted by Crippen LogP contribution is -2.58. The van der Waals surface area contributed by atoms with Gasteiger partial charge in [0.15, 0.2) is 0 Å². The maximum absolute atomic E-state index is 12.6. The zero-order valence-corrected chi connectivity index (χ0v) is 16.6. The average Bonchev–Trinajstić information content (AvgIpc) is 3.05. The van der Waals surface area contributed by atoms with Gasteiger partial charge in [0.2, 0.25) is 0 Å². The molecule has 3 heteroatoms. The van der Waals surface area contributed by atoms with Gasteiger partial charge in [-0.1, -0.05) is 27.7 Å². The van der Waals surface area contributed by atoms with Gasteiger partial charge in [0.05, 0.1) is 0 Å². The molecule has 0 N–H and O–H groups in total. The van der Waals surface area contributed by atoms with Crippen LogP contribution >= 0.6 is 0 Å². The zero-order valence-electron chi connectivity index (χ0n) is 16.6. The van der Waals surface area contributed by atoms with Crippen LogP contribution in [0.2, 0.25) is 0 Å². The lowest BCUT2D eigenvalue weighted by atomic mass is 9.42. The van der Waals surface area contributed by atoms with Gasteiger partial charge >= 0.3 is 5.97 Å². The van der Waals surface area contributed by atoms with Gasteiger partial charge < -0.3 is 4.74 Å². The summed E-state index contributed by atoms with van der Waals surface area (Å²) in [6.45, 7) is 11.5. The SMILES string of the molecule is CC1(C)C(=O)CC[C@]2(C)[C@H]3CC[C@@H]([C@@]4(C)CCC(=O)O4)[C@]3(C)CC[C@@H]12. The Morgan fingerprint density at radius 3 is 2.04 bits per heavy atom. The summed E-state index contributed by atoms with van der Waals surface area (Å²) in [6, 6.07) is 0. The molecule has 6 atom stereocenters. The zero-order chi connectivity index (χ0) is 18.3. The van der Waals surface area contributed by atoms with Crippen molar-refractivity contribution in [2.75, 3.05) is 0 Å². The fraction of sp³-hybridized carbons (Fsp3) is 0.909. The quantitative estimate of drug-likeness (QED) is 0.633. The normalized spacial score (nSPS) is 51.8. The Balaban J connectivity index is 1.69. The second-order valence-electron chi connectivity index (χ2n) is 10.7. The van der Waals surface area contributed by atoms with E-state index < -0.39 is 0 Å². The summed E-state index contributed by atoms with van der Waals surface area (Å²) in [7, 11) is 0. The predicted octanol–water partition coefficient (Wildman–Crippen LogP) is 4.92. The summed E-state index contributed by atoms with van der Waals surface area (Å²) in [4.78, 5) is 24.4. The number of hydrogen-bond donors (Lipinski definition) is 0. The molecule has 0 aromatic heterocycles. The number of hydrogen-bond acceptors (Lipinski definition) is 3. The molecule has 0 unspecified atom stereocenters. The Morgan fingerprint density at radius 1 is 0.760 bits per heavy atom. The monoisotopic (exact) mass is 346 g/mol. The number of carbonyl (C=O) groups is 2. The summed E-state index contributed by atoms with van der Waals surface area (Å²) in [6.07, 6.45) is 7.95. The highest BCUT2D eigenvalue weighted by atomic mass is 16.6. The first-order valence-electron chi connectivity index (χ1n) is 10.3. The molecule has 4 aliphatic rings. The molecule has 0 spiro atoms. The van der Waals surface area contributed by atoms with Crippen LogP contribution in [0.5, 0.6) is 0 Å². The Labute approximate surface area is 152 Å². The van der Waals surface area contributed by atoms with Gasteiger partial charge in [-0.05, 0) is 68.1 Å². The molecule has 0 aromatic carbocycles. The molecule has 3 saturated carbocycles. The summed E-state index contributed by atoms with van der Waals surface area (Å²) in [5.41, 5.74) is 0.0269. The number of Topliss-reactive ketones (excluding diaryl/α,β-unsaturated/α-hetero) is 1. The smallest absolute Gasteiger partial charge is 0.306 e. The number of cyclic esters (lactones) is 1. The number of carbonyl (C=O) groups excluding carboxylic acids is 2. The Kier molecular flexibility index (Phi) is 3.58. The van der Waals surface area contributed by atoms with Crippen LogP contribution in [0.25, 0.3) is 0 Å². The van der Waals surface area contributed by atoms with Gasteiger partial charge in [0.1, 0.15) is 11.4 Å². The molecule has 1 aliphatic heterocycles. The van der Waals surface area contributed by atoms with Crippen LogP contribution in [0.4, 0.5) is 0 Å².